The van der Waals surface area contributed by atoms with Gasteiger partial charge in [0, 0.05) is 6.61 Å². The van der Waals surface area contributed by atoms with E-state index in [1.165, 1.54) is 0 Å². The van der Waals surface area contributed by atoms with Gasteiger partial charge < -0.3 is 9.90 Å². The van der Waals surface area contributed by atoms with Crippen molar-refractivity contribution in [3.8, 4) is 0 Å². The third kappa shape index (κ3) is 4.43. The second kappa shape index (κ2) is 3.85. The van der Waals surface area contributed by atoms with Crippen LogP contribution in [0, 0.1) is 0 Å². The Balaban J connectivity index is 3.45. The second-order valence-electron chi connectivity index (χ2n) is 2.22. The number of carbonyl (C=O) groups is 1. The van der Waals surface area contributed by atoms with Gasteiger partial charge >= 0.3 is 0 Å². The summed E-state index contributed by atoms with van der Waals surface area (Å²) in [5.74, 6) is 0. The van der Waals surface area contributed by atoms with Crippen molar-refractivity contribution in [1.29, 1.82) is 0 Å². The lowest BCUT2D eigenvalue weighted by Gasteiger charge is -2.11. The molecule has 0 aliphatic carbocycles. The Morgan fingerprint density at radius 2 is 2.33 bits per heavy atom. The molecule has 1 N–H and O–H groups in total. The minimum Gasteiger partial charge on any atom is -0.396 e. The maximum Gasteiger partial charge on any atom is 0.140 e. The van der Waals surface area contributed by atoms with Gasteiger partial charge in [0.1, 0.15) is 6.29 Å². The van der Waals surface area contributed by atoms with Crippen molar-refractivity contribution in [3.63, 3.8) is 0 Å². The Kier molecular flexibility index (Phi) is 3.82. The SMILES string of the molecule is CC(Cl)(C=O)CCCO. The Morgan fingerprint density at radius 3 is 2.67 bits per heavy atom. The van der Waals surface area contributed by atoms with Gasteiger partial charge in [0.15, 0.2) is 0 Å². The van der Waals surface area contributed by atoms with Crippen molar-refractivity contribution in [2.45, 2.75) is 24.6 Å². The first-order chi connectivity index (χ1) is 4.12. The lowest BCUT2D eigenvalue weighted by molar-refractivity contribution is -0.109. The fourth-order valence-electron chi connectivity index (χ4n) is 0.484. The average molecular weight is 151 g/mol. The predicted molar refractivity (Wildman–Crippen MR) is 36.6 cm³/mol. The predicted octanol–water partition coefficient (Wildman–Crippen LogP) is 0.955. The van der Waals surface area contributed by atoms with Crippen molar-refractivity contribution >= 4 is 17.9 Å². The van der Waals surface area contributed by atoms with Crippen LogP contribution in [0.4, 0.5) is 0 Å². The molecule has 0 aromatic carbocycles. The quantitative estimate of drug-likeness (QED) is 0.479. The minimum atomic E-state index is -0.775. The van der Waals surface area contributed by atoms with Crippen LogP contribution in [-0.2, 0) is 4.79 Å². The summed E-state index contributed by atoms with van der Waals surface area (Å²) in [6.45, 7) is 1.73. The highest BCUT2D eigenvalue weighted by Gasteiger charge is 2.17. The van der Waals surface area contributed by atoms with Crippen molar-refractivity contribution < 1.29 is 9.90 Å². The van der Waals surface area contributed by atoms with E-state index in [4.69, 9.17) is 16.7 Å². The van der Waals surface area contributed by atoms with Crippen LogP contribution >= 0.6 is 11.6 Å². The Hall–Kier alpha value is -0.0800. The molecule has 3 heteroatoms. The third-order valence-electron chi connectivity index (χ3n) is 1.07. The highest BCUT2D eigenvalue weighted by Crippen LogP contribution is 2.16. The molecule has 0 fully saturated rings. The number of hydrogen-bond acceptors (Lipinski definition) is 2. The highest BCUT2D eigenvalue weighted by atomic mass is 35.5. The molecule has 0 aromatic heterocycles. The van der Waals surface area contributed by atoms with Crippen LogP contribution in [0.1, 0.15) is 19.8 Å². The molecule has 0 saturated carbocycles. The molecule has 0 heterocycles. The van der Waals surface area contributed by atoms with E-state index in [-0.39, 0.29) is 6.61 Å². The van der Waals surface area contributed by atoms with Crippen LogP contribution in [0.5, 0.6) is 0 Å². The Bertz CT molecular complexity index is 91.1. The van der Waals surface area contributed by atoms with Crippen molar-refractivity contribution in [1.82, 2.24) is 0 Å². The van der Waals surface area contributed by atoms with E-state index in [2.05, 4.69) is 0 Å². The number of aliphatic hydroxyl groups is 1. The van der Waals surface area contributed by atoms with Crippen molar-refractivity contribution in [2.75, 3.05) is 6.61 Å². The van der Waals surface area contributed by atoms with Gasteiger partial charge in [-0.15, -0.1) is 11.6 Å². The zero-order chi connectivity index (χ0) is 7.33. The molecule has 1 unspecified atom stereocenters. The summed E-state index contributed by atoms with van der Waals surface area (Å²) in [6.07, 6.45) is 1.82. The Labute approximate surface area is 59.8 Å². The summed E-state index contributed by atoms with van der Waals surface area (Å²) in [4.78, 5) is 9.34. The van der Waals surface area contributed by atoms with Gasteiger partial charge in [-0.3, -0.25) is 0 Å². The molecule has 0 radical (unpaired) electrons. The lowest BCUT2D eigenvalue weighted by Crippen LogP contribution is -2.18. The van der Waals surface area contributed by atoms with E-state index < -0.39 is 4.87 Å². The zero-order valence-electron chi connectivity index (χ0n) is 5.43. The van der Waals surface area contributed by atoms with Gasteiger partial charge in [0.2, 0.25) is 0 Å². The van der Waals surface area contributed by atoms with Gasteiger partial charge in [0.05, 0.1) is 4.87 Å². The Morgan fingerprint density at radius 1 is 1.78 bits per heavy atom. The molecule has 0 aromatic rings. The van der Waals surface area contributed by atoms with Gasteiger partial charge in [0.25, 0.3) is 0 Å². The number of aliphatic hydroxyl groups excluding tert-OH is 1. The summed E-state index contributed by atoms with van der Waals surface area (Å²) in [5, 5.41) is 8.35. The molecule has 0 amide bonds. The first kappa shape index (κ1) is 8.92. The third-order valence-corrected chi connectivity index (χ3v) is 1.35. The smallest absolute Gasteiger partial charge is 0.140 e. The summed E-state index contributed by atoms with van der Waals surface area (Å²) in [7, 11) is 0. The monoisotopic (exact) mass is 150 g/mol. The summed E-state index contributed by atoms with van der Waals surface area (Å²) in [5.41, 5.74) is 0. The summed E-state index contributed by atoms with van der Waals surface area (Å²) >= 11 is 5.62. The average Bonchev–Trinajstić information content (AvgIpc) is 1.84. The molecule has 9 heavy (non-hydrogen) atoms. The maximum atomic E-state index is 10.1. The lowest BCUT2D eigenvalue weighted by atomic mass is 10.1. The molecule has 0 aliphatic heterocycles. The van der Waals surface area contributed by atoms with Crippen LogP contribution in [0.25, 0.3) is 0 Å². The van der Waals surface area contributed by atoms with E-state index in [0.717, 1.165) is 0 Å². The molecular weight excluding hydrogens is 140 g/mol. The number of rotatable bonds is 4. The van der Waals surface area contributed by atoms with Gasteiger partial charge in [-0.25, -0.2) is 0 Å². The molecule has 1 atom stereocenters. The largest absolute Gasteiger partial charge is 0.396 e. The van der Waals surface area contributed by atoms with Gasteiger partial charge in [-0.05, 0) is 19.8 Å². The normalized spacial score (nSPS) is 16.8. The van der Waals surface area contributed by atoms with Crippen molar-refractivity contribution in [3.05, 3.63) is 0 Å². The molecule has 2 nitrogen and oxygen atoms in total. The molecule has 0 spiro atoms. The van der Waals surface area contributed by atoms with Crippen LogP contribution in [0.3, 0.4) is 0 Å². The van der Waals surface area contributed by atoms with Crippen LogP contribution < -0.4 is 0 Å². The van der Waals surface area contributed by atoms with E-state index in [9.17, 15) is 4.79 Å². The summed E-state index contributed by atoms with van der Waals surface area (Å²) < 4.78 is 0. The summed E-state index contributed by atoms with van der Waals surface area (Å²) in [6, 6.07) is 0. The topological polar surface area (TPSA) is 37.3 Å². The highest BCUT2D eigenvalue weighted by molar-refractivity contribution is 6.31. The van der Waals surface area contributed by atoms with Crippen LogP contribution in [0.2, 0.25) is 0 Å². The molecule has 0 aliphatic rings. The van der Waals surface area contributed by atoms with Gasteiger partial charge in [-0.1, -0.05) is 0 Å². The molecule has 0 rings (SSSR count). The molecule has 54 valence electrons. The first-order valence-electron chi connectivity index (χ1n) is 2.88. The standard InChI is InChI=1S/C6H11ClO2/c1-6(7,5-9)3-2-4-8/h5,8H,2-4H2,1H3. The second-order valence-corrected chi connectivity index (χ2v) is 3.09. The molecular formula is C6H11ClO2. The number of hydrogen-bond donors (Lipinski definition) is 1. The first-order valence-corrected chi connectivity index (χ1v) is 3.26. The number of carbonyl (C=O) groups excluding carboxylic acids is 1. The minimum absolute atomic E-state index is 0.0934. The fourth-order valence-corrected chi connectivity index (χ4v) is 0.617. The number of alkyl halides is 1. The van der Waals surface area contributed by atoms with E-state index in [1.807, 2.05) is 0 Å². The molecule has 0 saturated heterocycles. The van der Waals surface area contributed by atoms with E-state index in [0.29, 0.717) is 19.1 Å². The fraction of sp³-hybridized carbons (Fsp3) is 0.833. The van der Waals surface area contributed by atoms with E-state index >= 15 is 0 Å². The number of aldehydes is 1. The number of halogens is 1. The van der Waals surface area contributed by atoms with Crippen LogP contribution in [0.15, 0.2) is 0 Å². The molecule has 0 bridgehead atoms. The van der Waals surface area contributed by atoms with Crippen molar-refractivity contribution in [2.24, 2.45) is 0 Å². The zero-order valence-corrected chi connectivity index (χ0v) is 6.19. The van der Waals surface area contributed by atoms with Gasteiger partial charge in [-0.2, -0.15) is 0 Å². The maximum absolute atomic E-state index is 10.1. The van der Waals surface area contributed by atoms with E-state index in [1.54, 1.807) is 6.92 Å². The van der Waals surface area contributed by atoms with Crippen LogP contribution in [-0.4, -0.2) is 22.9 Å².